The summed E-state index contributed by atoms with van der Waals surface area (Å²) in [7, 11) is 1.66. The van der Waals surface area contributed by atoms with Gasteiger partial charge in [0.15, 0.2) is 5.96 Å². The Kier molecular flexibility index (Phi) is 4.76. The van der Waals surface area contributed by atoms with Gasteiger partial charge in [-0.2, -0.15) is 0 Å². The Bertz CT molecular complexity index is 607. The highest BCUT2D eigenvalue weighted by molar-refractivity contribution is 5.95. The molecule has 23 heavy (non-hydrogen) atoms. The molecule has 0 spiro atoms. The molecule has 1 aromatic rings. The van der Waals surface area contributed by atoms with Gasteiger partial charge in [0.2, 0.25) is 5.91 Å². The lowest BCUT2D eigenvalue weighted by Gasteiger charge is -2.22. The zero-order valence-corrected chi connectivity index (χ0v) is 13.0. The van der Waals surface area contributed by atoms with Gasteiger partial charge in [0, 0.05) is 12.7 Å². The smallest absolute Gasteiger partial charge is 0.243 e. The molecule has 2 aliphatic heterocycles. The molecule has 2 aliphatic rings. The first-order valence-corrected chi connectivity index (χ1v) is 7.82. The van der Waals surface area contributed by atoms with E-state index in [1.807, 2.05) is 0 Å². The maximum Gasteiger partial charge on any atom is 0.243 e. The number of nitrogens with zero attached hydrogens (tertiary/aromatic N) is 1. The molecule has 2 saturated heterocycles. The molecule has 7 heteroatoms. The minimum atomic E-state index is -0.385. The number of aliphatic imine (C=N–C) groups is 1. The molecule has 124 valence electrons. The maximum absolute atomic E-state index is 13.1. The number of hydrogen-bond acceptors (Lipinski definition) is 3. The number of carbonyl (C=O) groups is 1. The third kappa shape index (κ3) is 3.98. The van der Waals surface area contributed by atoms with Gasteiger partial charge in [0.25, 0.3) is 0 Å². The Morgan fingerprint density at radius 1 is 1.43 bits per heavy atom. The second-order valence-corrected chi connectivity index (χ2v) is 5.84. The van der Waals surface area contributed by atoms with Gasteiger partial charge in [-0.3, -0.25) is 9.79 Å². The molecule has 0 aliphatic carbocycles. The average Bonchev–Trinajstić information content (AvgIpc) is 3.14. The van der Waals surface area contributed by atoms with Gasteiger partial charge in [0.1, 0.15) is 5.82 Å². The van der Waals surface area contributed by atoms with Crippen LogP contribution in [-0.4, -0.2) is 43.7 Å². The van der Waals surface area contributed by atoms with Crippen LogP contribution in [0.15, 0.2) is 29.3 Å². The van der Waals surface area contributed by atoms with Gasteiger partial charge in [0.05, 0.1) is 24.8 Å². The fourth-order valence-electron chi connectivity index (χ4n) is 3.10. The molecule has 3 N–H and O–H groups in total. The van der Waals surface area contributed by atoms with Gasteiger partial charge in [-0.05, 0) is 37.5 Å². The second kappa shape index (κ2) is 6.95. The van der Waals surface area contributed by atoms with Crippen molar-refractivity contribution >= 4 is 17.6 Å². The summed E-state index contributed by atoms with van der Waals surface area (Å²) in [5.74, 6) is -0.0761. The summed E-state index contributed by atoms with van der Waals surface area (Å²) in [5, 5.41) is 8.90. The van der Waals surface area contributed by atoms with E-state index in [9.17, 15) is 9.18 Å². The molecule has 3 rings (SSSR count). The molecule has 2 fully saturated rings. The first kappa shape index (κ1) is 15.7. The van der Waals surface area contributed by atoms with Crippen LogP contribution in [0, 0.1) is 5.82 Å². The van der Waals surface area contributed by atoms with Crippen LogP contribution in [0.4, 0.5) is 10.1 Å². The van der Waals surface area contributed by atoms with E-state index in [1.54, 1.807) is 19.2 Å². The average molecular weight is 320 g/mol. The molecule has 1 aromatic carbocycles. The van der Waals surface area contributed by atoms with E-state index in [-0.39, 0.29) is 30.4 Å². The van der Waals surface area contributed by atoms with Crippen LogP contribution in [-0.2, 0) is 9.53 Å². The van der Waals surface area contributed by atoms with Crippen molar-refractivity contribution in [1.82, 2.24) is 10.6 Å². The van der Waals surface area contributed by atoms with Gasteiger partial charge >= 0.3 is 0 Å². The number of benzene rings is 1. The van der Waals surface area contributed by atoms with Crippen LogP contribution in [0.3, 0.4) is 0 Å². The molecule has 2 bridgehead atoms. The zero-order chi connectivity index (χ0) is 16.2. The monoisotopic (exact) mass is 320 g/mol. The fraction of sp³-hybridized carbons (Fsp3) is 0.500. The predicted octanol–water partition coefficient (Wildman–Crippen LogP) is 1.25. The standard InChI is InChI=1S/C16H21FN4O2/c1-18-16(21-13-8-12-5-6-14(13)23-12)19-9-15(22)20-11-4-2-3-10(17)7-11/h2-4,7,12-14H,5-6,8-9H2,1H3,(H,20,22)(H2,18,19,21). The van der Waals surface area contributed by atoms with E-state index in [2.05, 4.69) is 20.9 Å². The summed E-state index contributed by atoms with van der Waals surface area (Å²) in [6.45, 7) is 0.0534. The molecule has 1 amide bonds. The summed E-state index contributed by atoms with van der Waals surface area (Å²) in [4.78, 5) is 16.0. The summed E-state index contributed by atoms with van der Waals surface area (Å²) >= 11 is 0. The molecular formula is C16H21FN4O2. The van der Waals surface area contributed by atoms with Crippen LogP contribution < -0.4 is 16.0 Å². The van der Waals surface area contributed by atoms with Gasteiger partial charge in [-0.1, -0.05) is 6.07 Å². The minimum Gasteiger partial charge on any atom is -0.373 e. The van der Waals surface area contributed by atoms with Crippen molar-refractivity contribution in [1.29, 1.82) is 0 Å². The lowest BCUT2D eigenvalue weighted by molar-refractivity contribution is -0.115. The van der Waals surface area contributed by atoms with E-state index in [0.29, 0.717) is 17.8 Å². The van der Waals surface area contributed by atoms with E-state index in [4.69, 9.17) is 4.74 Å². The minimum absolute atomic E-state index is 0.0534. The number of amides is 1. The Hall–Kier alpha value is -2.15. The normalized spacial score (nSPS) is 26.2. The fourth-order valence-corrected chi connectivity index (χ4v) is 3.10. The quantitative estimate of drug-likeness (QED) is 0.576. The van der Waals surface area contributed by atoms with Crippen molar-refractivity contribution in [2.75, 3.05) is 18.9 Å². The van der Waals surface area contributed by atoms with E-state index < -0.39 is 0 Å². The first-order valence-electron chi connectivity index (χ1n) is 7.82. The van der Waals surface area contributed by atoms with Gasteiger partial charge in [-0.15, -0.1) is 0 Å². The topological polar surface area (TPSA) is 74.8 Å². The molecule has 0 saturated carbocycles. The summed E-state index contributed by atoms with van der Waals surface area (Å²) in [5.41, 5.74) is 0.432. The van der Waals surface area contributed by atoms with E-state index in [1.165, 1.54) is 12.1 Å². The number of guanidine groups is 1. The highest BCUT2D eigenvalue weighted by Crippen LogP contribution is 2.34. The number of nitrogens with one attached hydrogen (secondary N) is 3. The first-order chi connectivity index (χ1) is 11.1. The van der Waals surface area contributed by atoms with Crippen LogP contribution >= 0.6 is 0 Å². The van der Waals surface area contributed by atoms with Crippen molar-refractivity contribution in [3.8, 4) is 0 Å². The van der Waals surface area contributed by atoms with E-state index in [0.717, 1.165) is 19.3 Å². The number of hydrogen-bond donors (Lipinski definition) is 3. The van der Waals surface area contributed by atoms with Gasteiger partial charge < -0.3 is 20.7 Å². The Labute approximate surface area is 134 Å². The van der Waals surface area contributed by atoms with E-state index >= 15 is 0 Å². The lowest BCUT2D eigenvalue weighted by atomic mass is 9.96. The summed E-state index contributed by atoms with van der Waals surface area (Å²) in [6, 6.07) is 6.04. The highest BCUT2D eigenvalue weighted by atomic mass is 19.1. The van der Waals surface area contributed by atoms with Crippen molar-refractivity contribution < 1.29 is 13.9 Å². The number of fused-ring (bicyclic) bond motifs is 2. The second-order valence-electron chi connectivity index (χ2n) is 5.84. The number of rotatable bonds is 4. The molecule has 0 radical (unpaired) electrons. The molecule has 3 unspecified atom stereocenters. The van der Waals surface area contributed by atoms with Crippen molar-refractivity contribution in [3.05, 3.63) is 30.1 Å². The molecular weight excluding hydrogens is 299 g/mol. The van der Waals surface area contributed by atoms with Gasteiger partial charge in [-0.25, -0.2) is 4.39 Å². The highest BCUT2D eigenvalue weighted by Gasteiger charge is 2.41. The number of anilines is 1. The molecule has 3 atom stereocenters. The SMILES string of the molecule is CN=C(NCC(=O)Nc1cccc(F)c1)NC1CC2CCC1O2. The largest absolute Gasteiger partial charge is 0.373 e. The zero-order valence-electron chi connectivity index (χ0n) is 13.0. The van der Waals surface area contributed by atoms with Crippen LogP contribution in [0.1, 0.15) is 19.3 Å². The third-order valence-corrected chi connectivity index (χ3v) is 4.18. The Balaban J connectivity index is 1.45. The van der Waals surface area contributed by atoms with Crippen molar-refractivity contribution in [2.24, 2.45) is 4.99 Å². The molecule has 0 aromatic heterocycles. The summed E-state index contributed by atoms with van der Waals surface area (Å²) in [6.07, 6.45) is 3.76. The van der Waals surface area contributed by atoms with Crippen LogP contribution in [0.2, 0.25) is 0 Å². The summed E-state index contributed by atoms with van der Waals surface area (Å²) < 4.78 is 18.9. The Morgan fingerprint density at radius 3 is 2.96 bits per heavy atom. The lowest BCUT2D eigenvalue weighted by Crippen LogP contribution is -2.49. The van der Waals surface area contributed by atoms with Crippen LogP contribution in [0.5, 0.6) is 0 Å². The number of halogens is 1. The molecule has 6 nitrogen and oxygen atoms in total. The molecule has 2 heterocycles. The number of carbonyl (C=O) groups excluding carboxylic acids is 1. The number of ether oxygens (including phenoxy) is 1. The van der Waals surface area contributed by atoms with Crippen molar-refractivity contribution in [3.63, 3.8) is 0 Å². The Morgan fingerprint density at radius 2 is 2.30 bits per heavy atom. The predicted molar refractivity (Wildman–Crippen MR) is 85.8 cm³/mol. The van der Waals surface area contributed by atoms with Crippen molar-refractivity contribution in [2.45, 2.75) is 37.5 Å². The maximum atomic E-state index is 13.1. The van der Waals surface area contributed by atoms with Crippen LogP contribution in [0.25, 0.3) is 0 Å². The third-order valence-electron chi connectivity index (χ3n) is 4.18.